The molecular weight excluding hydrogens is 220 g/mol. The third-order valence-corrected chi connectivity index (χ3v) is 2.13. The van der Waals surface area contributed by atoms with E-state index < -0.39 is 0 Å². The maximum atomic E-state index is 9.08. The fraction of sp³-hybridized carbons (Fsp3) is 0.364. The zero-order valence-electron chi connectivity index (χ0n) is 9.79. The van der Waals surface area contributed by atoms with Crippen LogP contribution in [0.1, 0.15) is 18.3 Å². The Labute approximate surface area is 98.9 Å². The van der Waals surface area contributed by atoms with Gasteiger partial charge in [0.25, 0.3) is 5.95 Å². The average molecular weight is 234 g/mol. The van der Waals surface area contributed by atoms with Crippen molar-refractivity contribution < 1.29 is 9.84 Å². The van der Waals surface area contributed by atoms with E-state index in [1.807, 2.05) is 13.8 Å². The molecule has 0 bridgehead atoms. The van der Waals surface area contributed by atoms with E-state index in [1.54, 1.807) is 18.5 Å². The van der Waals surface area contributed by atoms with Crippen molar-refractivity contribution in [3.8, 4) is 11.7 Å². The second kappa shape index (κ2) is 4.92. The number of ether oxygens (including phenoxy) is 1. The van der Waals surface area contributed by atoms with E-state index in [-0.39, 0.29) is 6.61 Å². The molecule has 90 valence electrons. The topological polar surface area (TPSA) is 73.1 Å². The number of rotatable bonds is 4. The molecule has 0 radical (unpaired) electrons. The summed E-state index contributed by atoms with van der Waals surface area (Å²) in [7, 11) is 0. The van der Waals surface area contributed by atoms with Crippen LogP contribution in [0.2, 0.25) is 0 Å². The van der Waals surface area contributed by atoms with Crippen molar-refractivity contribution in [3.05, 3.63) is 29.8 Å². The predicted molar refractivity (Wildman–Crippen MR) is 61.0 cm³/mol. The Balaban J connectivity index is 2.34. The molecule has 6 heteroatoms. The number of aryl methyl sites for hydroxylation is 1. The lowest BCUT2D eigenvalue weighted by molar-refractivity contribution is 0.276. The van der Waals surface area contributed by atoms with Gasteiger partial charge in [0.1, 0.15) is 0 Å². The molecule has 0 saturated heterocycles. The Morgan fingerprint density at radius 3 is 2.94 bits per heavy atom. The van der Waals surface area contributed by atoms with Crippen molar-refractivity contribution in [2.45, 2.75) is 20.5 Å². The van der Waals surface area contributed by atoms with Crippen molar-refractivity contribution in [2.24, 2.45) is 0 Å². The maximum Gasteiger partial charge on any atom is 0.251 e. The third kappa shape index (κ3) is 2.59. The van der Waals surface area contributed by atoms with Crippen LogP contribution < -0.4 is 4.74 Å². The van der Waals surface area contributed by atoms with Crippen LogP contribution in [0.3, 0.4) is 0 Å². The van der Waals surface area contributed by atoms with Gasteiger partial charge in [-0.2, -0.15) is 5.10 Å². The van der Waals surface area contributed by atoms with Gasteiger partial charge in [-0.25, -0.2) is 14.6 Å². The second-order valence-electron chi connectivity index (χ2n) is 3.51. The molecule has 0 aliphatic carbocycles. The molecule has 1 N–H and O–H groups in total. The normalized spacial score (nSPS) is 10.5. The molecule has 0 aliphatic heterocycles. The first kappa shape index (κ1) is 11.5. The summed E-state index contributed by atoms with van der Waals surface area (Å²) in [6.45, 7) is 4.22. The van der Waals surface area contributed by atoms with Crippen LogP contribution in [0, 0.1) is 6.92 Å². The molecule has 0 aliphatic rings. The van der Waals surface area contributed by atoms with Crippen molar-refractivity contribution in [1.29, 1.82) is 0 Å². The van der Waals surface area contributed by atoms with Gasteiger partial charge >= 0.3 is 0 Å². The van der Waals surface area contributed by atoms with Crippen LogP contribution in [0.4, 0.5) is 0 Å². The minimum absolute atomic E-state index is 0.115. The summed E-state index contributed by atoms with van der Waals surface area (Å²) in [5.41, 5.74) is 1.36. The van der Waals surface area contributed by atoms with E-state index in [0.29, 0.717) is 24.0 Å². The van der Waals surface area contributed by atoms with Gasteiger partial charge in [0.2, 0.25) is 0 Å². The SMILES string of the molecule is CCOc1cnn(-c2nc(C)cc(CO)n2)c1. The molecule has 0 saturated carbocycles. The maximum absolute atomic E-state index is 9.08. The minimum Gasteiger partial charge on any atom is -0.491 e. The summed E-state index contributed by atoms with van der Waals surface area (Å²) in [6.07, 6.45) is 3.31. The molecule has 0 fully saturated rings. The highest BCUT2D eigenvalue weighted by atomic mass is 16.5. The molecule has 0 atom stereocenters. The Bertz CT molecular complexity index is 510. The highest BCUT2D eigenvalue weighted by Crippen LogP contribution is 2.11. The molecule has 0 spiro atoms. The Kier molecular flexibility index (Phi) is 3.34. The van der Waals surface area contributed by atoms with Crippen molar-refractivity contribution >= 4 is 0 Å². The van der Waals surface area contributed by atoms with E-state index in [0.717, 1.165) is 5.69 Å². The standard InChI is InChI=1S/C11H14N4O2/c1-3-17-10-5-12-15(6-10)11-13-8(2)4-9(7-16)14-11/h4-6,16H,3,7H2,1-2H3. The van der Waals surface area contributed by atoms with E-state index in [1.165, 1.54) is 4.68 Å². The van der Waals surface area contributed by atoms with Crippen LogP contribution in [0.15, 0.2) is 18.5 Å². The fourth-order valence-electron chi connectivity index (χ4n) is 1.46. The van der Waals surface area contributed by atoms with Gasteiger partial charge in [0, 0.05) is 5.69 Å². The molecule has 6 nitrogen and oxygen atoms in total. The summed E-state index contributed by atoms with van der Waals surface area (Å²) in [6, 6.07) is 1.73. The number of hydrogen-bond donors (Lipinski definition) is 1. The van der Waals surface area contributed by atoms with Gasteiger partial charge in [0.15, 0.2) is 5.75 Å². The van der Waals surface area contributed by atoms with Gasteiger partial charge in [0.05, 0.1) is 31.3 Å². The molecule has 2 rings (SSSR count). The first-order valence-corrected chi connectivity index (χ1v) is 5.36. The van der Waals surface area contributed by atoms with Crippen molar-refractivity contribution in [2.75, 3.05) is 6.61 Å². The summed E-state index contributed by atoms with van der Waals surface area (Å²) in [5.74, 6) is 1.10. The van der Waals surface area contributed by atoms with Crippen molar-refractivity contribution in [3.63, 3.8) is 0 Å². The fourth-order valence-corrected chi connectivity index (χ4v) is 1.46. The van der Waals surface area contributed by atoms with Gasteiger partial charge in [-0.05, 0) is 19.9 Å². The largest absolute Gasteiger partial charge is 0.491 e. The lowest BCUT2D eigenvalue weighted by atomic mass is 10.3. The highest BCUT2D eigenvalue weighted by molar-refractivity contribution is 5.22. The Morgan fingerprint density at radius 2 is 2.24 bits per heavy atom. The first-order valence-electron chi connectivity index (χ1n) is 5.36. The molecule has 2 aromatic rings. The van der Waals surface area contributed by atoms with E-state index in [9.17, 15) is 0 Å². The lowest BCUT2D eigenvalue weighted by Gasteiger charge is -2.03. The molecule has 0 amide bonds. The van der Waals surface area contributed by atoms with Gasteiger partial charge in [-0.15, -0.1) is 0 Å². The highest BCUT2D eigenvalue weighted by Gasteiger charge is 2.06. The Morgan fingerprint density at radius 1 is 1.41 bits per heavy atom. The molecular formula is C11H14N4O2. The second-order valence-corrected chi connectivity index (χ2v) is 3.51. The average Bonchev–Trinajstić information content (AvgIpc) is 2.77. The third-order valence-electron chi connectivity index (χ3n) is 2.13. The summed E-state index contributed by atoms with van der Waals surface area (Å²) >= 11 is 0. The van der Waals surface area contributed by atoms with E-state index in [4.69, 9.17) is 9.84 Å². The van der Waals surface area contributed by atoms with E-state index >= 15 is 0 Å². The zero-order chi connectivity index (χ0) is 12.3. The predicted octanol–water partition coefficient (Wildman–Crippen LogP) is 0.862. The van der Waals surface area contributed by atoms with Gasteiger partial charge in [-0.3, -0.25) is 0 Å². The van der Waals surface area contributed by atoms with Crippen molar-refractivity contribution in [1.82, 2.24) is 19.7 Å². The summed E-state index contributed by atoms with van der Waals surface area (Å²) < 4.78 is 6.83. The van der Waals surface area contributed by atoms with Crippen LogP contribution in [0.25, 0.3) is 5.95 Å². The Hall–Kier alpha value is -1.95. The molecule has 2 aromatic heterocycles. The van der Waals surface area contributed by atoms with Crippen LogP contribution in [-0.2, 0) is 6.61 Å². The number of hydrogen-bond acceptors (Lipinski definition) is 5. The molecule has 2 heterocycles. The van der Waals surface area contributed by atoms with Crippen LogP contribution in [0.5, 0.6) is 5.75 Å². The van der Waals surface area contributed by atoms with Gasteiger partial charge in [-0.1, -0.05) is 0 Å². The number of aliphatic hydroxyl groups is 1. The summed E-state index contributed by atoms with van der Waals surface area (Å²) in [5, 5.41) is 13.2. The van der Waals surface area contributed by atoms with Crippen LogP contribution in [-0.4, -0.2) is 31.5 Å². The quantitative estimate of drug-likeness (QED) is 0.849. The molecule has 17 heavy (non-hydrogen) atoms. The monoisotopic (exact) mass is 234 g/mol. The van der Waals surface area contributed by atoms with Gasteiger partial charge < -0.3 is 9.84 Å². The number of aliphatic hydroxyl groups excluding tert-OH is 1. The van der Waals surface area contributed by atoms with E-state index in [2.05, 4.69) is 15.1 Å². The zero-order valence-corrected chi connectivity index (χ0v) is 9.79. The van der Waals surface area contributed by atoms with Crippen LogP contribution >= 0.6 is 0 Å². The first-order chi connectivity index (χ1) is 8.22. The smallest absolute Gasteiger partial charge is 0.251 e. The molecule has 0 unspecified atom stereocenters. The minimum atomic E-state index is -0.115. The lowest BCUT2D eigenvalue weighted by Crippen LogP contribution is -2.05. The number of aromatic nitrogens is 4. The summed E-state index contributed by atoms with van der Waals surface area (Å²) in [4.78, 5) is 8.43. The number of nitrogens with zero attached hydrogens (tertiary/aromatic N) is 4. The molecule has 0 aromatic carbocycles.